The van der Waals surface area contributed by atoms with E-state index in [4.69, 9.17) is 9.16 Å². The Bertz CT molecular complexity index is 1130. The quantitative estimate of drug-likeness (QED) is 0.261. The van der Waals surface area contributed by atoms with Crippen molar-refractivity contribution in [3.8, 4) is 5.75 Å². The molecule has 2 heterocycles. The SMILES string of the molecule is CC(C)(C)OC(=O)[Si](C)(O[C@@H](CNCCC1CCNCC1)c1ccc(O)c2[nH]c(=O)ccc12)C(C)(C)C. The maximum Gasteiger partial charge on any atom is 0.321 e. The van der Waals surface area contributed by atoms with Gasteiger partial charge < -0.3 is 29.9 Å². The van der Waals surface area contributed by atoms with Crippen molar-refractivity contribution in [2.45, 2.75) is 84.1 Å². The Labute approximate surface area is 221 Å². The zero-order chi connectivity index (χ0) is 27.4. The number of piperidine rings is 1. The Hall–Kier alpha value is -2.20. The third-order valence-corrected chi connectivity index (χ3v) is 11.9. The summed E-state index contributed by atoms with van der Waals surface area (Å²) in [5.41, 5.74) is -0.0358. The van der Waals surface area contributed by atoms with Gasteiger partial charge in [0.25, 0.3) is 0 Å². The monoisotopic (exact) mass is 531 g/mol. The summed E-state index contributed by atoms with van der Waals surface area (Å²) >= 11 is 0. The summed E-state index contributed by atoms with van der Waals surface area (Å²) < 4.78 is 12.8. The summed E-state index contributed by atoms with van der Waals surface area (Å²) in [4.78, 5) is 28.3. The van der Waals surface area contributed by atoms with Crippen LogP contribution in [0, 0.1) is 5.92 Å². The van der Waals surface area contributed by atoms with E-state index in [9.17, 15) is 14.7 Å². The Morgan fingerprint density at radius 1 is 1.14 bits per heavy atom. The van der Waals surface area contributed by atoms with Crippen molar-refractivity contribution in [1.82, 2.24) is 15.6 Å². The second-order valence-electron chi connectivity index (χ2n) is 12.4. The first-order chi connectivity index (χ1) is 17.2. The fourth-order valence-electron chi connectivity index (χ4n) is 4.66. The number of aromatic hydroxyl groups is 1. The highest BCUT2D eigenvalue weighted by Gasteiger charge is 2.53. The van der Waals surface area contributed by atoms with Crippen molar-refractivity contribution in [3.63, 3.8) is 0 Å². The van der Waals surface area contributed by atoms with E-state index >= 15 is 0 Å². The van der Waals surface area contributed by atoms with E-state index in [2.05, 4.69) is 15.6 Å². The number of hydrogen-bond donors (Lipinski definition) is 4. The van der Waals surface area contributed by atoms with Crippen LogP contribution in [0.5, 0.6) is 5.75 Å². The molecule has 1 aliphatic heterocycles. The predicted octanol–water partition coefficient (Wildman–Crippen LogP) is 5.16. The van der Waals surface area contributed by atoms with Crippen LogP contribution in [0.25, 0.3) is 10.9 Å². The number of ether oxygens (including phenoxy) is 1. The lowest BCUT2D eigenvalue weighted by molar-refractivity contribution is 0.0609. The summed E-state index contributed by atoms with van der Waals surface area (Å²) in [7, 11) is -3.16. The van der Waals surface area contributed by atoms with Gasteiger partial charge in [-0.05, 0) is 94.9 Å². The van der Waals surface area contributed by atoms with Crippen LogP contribution in [0.1, 0.15) is 72.5 Å². The standard InChI is InChI=1S/C28H45N3O5Si/c1-27(2,3)35-26(34)37(7,28(4,5)6)36-23(18-30-17-14-19-12-15-29-16-13-19)20-8-10-22(32)25-21(20)9-11-24(33)31-25/h8-11,19,23,29-30,32H,12-18H2,1-7H3,(H,31,33)/t23-,37?/m0/s1. The van der Waals surface area contributed by atoms with Gasteiger partial charge in [0.1, 0.15) is 11.4 Å². The molecular formula is C28H45N3O5Si. The van der Waals surface area contributed by atoms with Gasteiger partial charge in [-0.25, -0.2) is 0 Å². The van der Waals surface area contributed by atoms with E-state index in [1.165, 1.54) is 18.9 Å². The highest BCUT2D eigenvalue weighted by Crippen LogP contribution is 2.43. The van der Waals surface area contributed by atoms with Crippen molar-refractivity contribution < 1.29 is 19.1 Å². The number of hydrogen-bond acceptors (Lipinski definition) is 7. The fourth-order valence-corrected chi connectivity index (χ4v) is 7.00. The molecule has 0 spiro atoms. The van der Waals surface area contributed by atoms with Crippen LogP contribution in [0.4, 0.5) is 4.79 Å². The molecule has 0 bridgehead atoms. The van der Waals surface area contributed by atoms with Crippen molar-refractivity contribution in [2.24, 2.45) is 5.92 Å². The van der Waals surface area contributed by atoms with Gasteiger partial charge in [0, 0.05) is 18.0 Å². The minimum absolute atomic E-state index is 0.00274. The molecule has 1 unspecified atom stereocenters. The largest absolute Gasteiger partial charge is 0.506 e. The van der Waals surface area contributed by atoms with Gasteiger partial charge in [-0.2, -0.15) is 0 Å². The number of aromatic amines is 1. The molecule has 3 rings (SSSR count). The minimum atomic E-state index is -3.16. The van der Waals surface area contributed by atoms with E-state index in [0.29, 0.717) is 23.4 Å². The third kappa shape index (κ3) is 7.43. The predicted molar refractivity (Wildman–Crippen MR) is 151 cm³/mol. The van der Waals surface area contributed by atoms with Gasteiger partial charge in [0.2, 0.25) is 5.56 Å². The van der Waals surface area contributed by atoms with Crippen molar-refractivity contribution in [2.75, 3.05) is 26.2 Å². The van der Waals surface area contributed by atoms with Gasteiger partial charge in [-0.1, -0.05) is 26.8 Å². The number of nitrogens with one attached hydrogen (secondary N) is 3. The molecule has 1 aromatic heterocycles. The molecule has 9 heteroatoms. The molecule has 0 saturated carbocycles. The summed E-state index contributed by atoms with van der Waals surface area (Å²) in [5.74, 6) is 0.695. The molecule has 206 valence electrons. The Balaban J connectivity index is 1.95. The van der Waals surface area contributed by atoms with Gasteiger partial charge >= 0.3 is 13.9 Å². The number of H-pyrrole nitrogens is 1. The van der Waals surface area contributed by atoms with Crippen molar-refractivity contribution in [3.05, 3.63) is 40.2 Å². The van der Waals surface area contributed by atoms with Crippen LogP contribution in [0.2, 0.25) is 11.6 Å². The van der Waals surface area contributed by atoms with Crippen LogP contribution in [0.15, 0.2) is 29.1 Å². The number of carbonyl (C=O) groups excluding carboxylic acids is 1. The van der Waals surface area contributed by atoms with E-state index in [-0.39, 0.29) is 16.9 Å². The molecule has 0 radical (unpaired) electrons. The molecule has 0 aliphatic carbocycles. The molecule has 1 fully saturated rings. The molecule has 0 amide bonds. The van der Waals surface area contributed by atoms with Crippen LogP contribution in [-0.2, 0) is 9.16 Å². The second-order valence-corrected chi connectivity index (χ2v) is 16.6. The number of benzene rings is 1. The Morgan fingerprint density at radius 3 is 2.43 bits per heavy atom. The lowest BCUT2D eigenvalue weighted by Gasteiger charge is -2.41. The lowest BCUT2D eigenvalue weighted by Crippen LogP contribution is -2.55. The normalized spacial score (nSPS) is 17.9. The Morgan fingerprint density at radius 2 is 1.81 bits per heavy atom. The highest BCUT2D eigenvalue weighted by molar-refractivity contribution is 7.01. The molecule has 2 atom stereocenters. The number of fused-ring (bicyclic) bond motifs is 1. The minimum Gasteiger partial charge on any atom is -0.506 e. The molecule has 4 N–H and O–H groups in total. The first-order valence-electron chi connectivity index (χ1n) is 13.4. The van der Waals surface area contributed by atoms with E-state index in [1.807, 2.05) is 54.2 Å². The molecule has 37 heavy (non-hydrogen) atoms. The molecule has 1 saturated heterocycles. The van der Waals surface area contributed by atoms with Crippen LogP contribution in [0.3, 0.4) is 0 Å². The third-order valence-electron chi connectivity index (χ3n) is 7.37. The molecule has 1 aromatic carbocycles. The highest BCUT2D eigenvalue weighted by atomic mass is 28.4. The number of carbonyl (C=O) groups is 1. The average molecular weight is 532 g/mol. The van der Waals surface area contributed by atoms with E-state index in [0.717, 1.165) is 31.6 Å². The number of aromatic nitrogens is 1. The lowest BCUT2D eigenvalue weighted by atomic mass is 9.95. The van der Waals surface area contributed by atoms with Crippen LogP contribution < -0.4 is 16.2 Å². The summed E-state index contributed by atoms with van der Waals surface area (Å²) in [6, 6.07) is 6.54. The van der Waals surface area contributed by atoms with Crippen molar-refractivity contribution in [1.29, 1.82) is 0 Å². The summed E-state index contributed by atoms with van der Waals surface area (Å²) in [5, 5.41) is 17.7. The number of phenolic OH excluding ortho intramolecular Hbond substituents is 1. The molecule has 1 aliphatic rings. The summed E-state index contributed by atoms with van der Waals surface area (Å²) in [6.45, 7) is 17.1. The fraction of sp³-hybridized carbons (Fsp3) is 0.643. The number of phenols is 1. The number of pyridine rings is 1. The van der Waals surface area contributed by atoms with Crippen LogP contribution in [-0.4, -0.2) is 55.8 Å². The van der Waals surface area contributed by atoms with E-state index in [1.54, 1.807) is 12.1 Å². The van der Waals surface area contributed by atoms with Gasteiger partial charge in [-0.3, -0.25) is 9.59 Å². The zero-order valence-corrected chi connectivity index (χ0v) is 24.5. The first-order valence-corrected chi connectivity index (χ1v) is 15.8. The van der Waals surface area contributed by atoms with Gasteiger partial charge in [0.15, 0.2) is 0 Å². The maximum atomic E-state index is 13.6. The Kier molecular flexibility index (Phi) is 9.26. The van der Waals surface area contributed by atoms with Gasteiger partial charge in [0.05, 0.1) is 11.6 Å². The second kappa shape index (κ2) is 11.7. The number of rotatable bonds is 9. The molecular weight excluding hydrogens is 486 g/mol. The molecule has 8 nitrogen and oxygen atoms in total. The van der Waals surface area contributed by atoms with E-state index < -0.39 is 25.1 Å². The smallest absolute Gasteiger partial charge is 0.321 e. The average Bonchev–Trinajstić information content (AvgIpc) is 2.80. The topological polar surface area (TPSA) is 113 Å². The van der Waals surface area contributed by atoms with Crippen molar-refractivity contribution >= 4 is 24.8 Å². The zero-order valence-electron chi connectivity index (χ0n) is 23.5. The summed E-state index contributed by atoms with van der Waals surface area (Å²) in [6.07, 6.45) is 2.97. The molecule has 2 aromatic rings. The first kappa shape index (κ1) is 29.4. The maximum absolute atomic E-state index is 13.6. The van der Waals surface area contributed by atoms with Gasteiger partial charge in [-0.15, -0.1) is 0 Å². The van der Waals surface area contributed by atoms with Crippen LogP contribution >= 0.6 is 0 Å².